The zero-order chi connectivity index (χ0) is 12.3. The van der Waals surface area contributed by atoms with E-state index < -0.39 is 0 Å². The van der Waals surface area contributed by atoms with Crippen molar-refractivity contribution in [2.24, 2.45) is 0 Å². The molecule has 0 spiro atoms. The fraction of sp³-hybridized carbons (Fsp3) is 0.250. The second-order valence-corrected chi connectivity index (χ2v) is 5.06. The standard InChI is InChI=1S/C12H13ClN2OS/c1-14-6-9-7-15-12(17-9)10-5-8(13)3-4-11(10)16-2/h3-5,7,14H,6H2,1-2H3. The Morgan fingerprint density at radius 2 is 2.29 bits per heavy atom. The number of thiazole rings is 1. The lowest BCUT2D eigenvalue weighted by molar-refractivity contribution is 0.416. The SMILES string of the molecule is CNCc1cnc(-c2cc(Cl)ccc2OC)s1. The molecule has 0 fully saturated rings. The molecule has 1 N–H and O–H groups in total. The van der Waals surface area contributed by atoms with Crippen molar-refractivity contribution in [3.05, 3.63) is 34.3 Å². The number of benzene rings is 1. The summed E-state index contributed by atoms with van der Waals surface area (Å²) in [6.07, 6.45) is 1.87. The van der Waals surface area contributed by atoms with Crippen molar-refractivity contribution in [3.8, 4) is 16.3 Å². The van der Waals surface area contributed by atoms with E-state index in [1.807, 2.05) is 31.4 Å². The molecule has 5 heteroatoms. The summed E-state index contributed by atoms with van der Waals surface area (Å²) < 4.78 is 5.32. The minimum atomic E-state index is 0.686. The van der Waals surface area contributed by atoms with Gasteiger partial charge in [-0.25, -0.2) is 4.98 Å². The number of rotatable bonds is 4. The summed E-state index contributed by atoms with van der Waals surface area (Å²) in [4.78, 5) is 5.58. The summed E-state index contributed by atoms with van der Waals surface area (Å²) in [6, 6.07) is 5.55. The molecule has 0 unspecified atom stereocenters. The van der Waals surface area contributed by atoms with Crippen LogP contribution in [0.2, 0.25) is 5.02 Å². The number of halogens is 1. The van der Waals surface area contributed by atoms with Crippen LogP contribution in [0.15, 0.2) is 24.4 Å². The zero-order valence-corrected chi connectivity index (χ0v) is 11.2. The van der Waals surface area contributed by atoms with Gasteiger partial charge in [-0.15, -0.1) is 11.3 Å². The second kappa shape index (κ2) is 5.49. The molecule has 0 aliphatic heterocycles. The maximum Gasteiger partial charge on any atom is 0.129 e. The van der Waals surface area contributed by atoms with Crippen LogP contribution in [-0.2, 0) is 6.54 Å². The lowest BCUT2D eigenvalue weighted by atomic mass is 10.2. The Hall–Kier alpha value is -1.10. The molecular weight excluding hydrogens is 256 g/mol. The summed E-state index contributed by atoms with van der Waals surface area (Å²) >= 11 is 7.64. The number of hydrogen-bond acceptors (Lipinski definition) is 4. The van der Waals surface area contributed by atoms with Crippen molar-refractivity contribution in [2.45, 2.75) is 6.54 Å². The summed E-state index contributed by atoms with van der Waals surface area (Å²) in [5, 5.41) is 4.71. The first-order chi connectivity index (χ1) is 8.24. The summed E-state index contributed by atoms with van der Waals surface area (Å²) in [5.74, 6) is 0.791. The van der Waals surface area contributed by atoms with Crippen molar-refractivity contribution in [2.75, 3.05) is 14.2 Å². The van der Waals surface area contributed by atoms with Gasteiger partial charge in [0.05, 0.1) is 12.7 Å². The van der Waals surface area contributed by atoms with E-state index in [9.17, 15) is 0 Å². The molecule has 0 saturated heterocycles. The average Bonchev–Trinajstić information content (AvgIpc) is 2.78. The Morgan fingerprint density at radius 1 is 1.47 bits per heavy atom. The van der Waals surface area contributed by atoms with Crippen molar-refractivity contribution in [1.29, 1.82) is 0 Å². The third-order valence-corrected chi connectivity index (χ3v) is 3.56. The van der Waals surface area contributed by atoms with Crippen LogP contribution in [0.1, 0.15) is 4.88 Å². The van der Waals surface area contributed by atoms with E-state index >= 15 is 0 Å². The van der Waals surface area contributed by atoms with Crippen LogP contribution in [0.25, 0.3) is 10.6 Å². The first kappa shape index (κ1) is 12.4. The number of ether oxygens (including phenoxy) is 1. The molecule has 90 valence electrons. The van der Waals surface area contributed by atoms with Crippen molar-refractivity contribution >= 4 is 22.9 Å². The summed E-state index contributed by atoms with van der Waals surface area (Å²) in [5.41, 5.74) is 0.937. The first-order valence-corrected chi connectivity index (χ1v) is 6.37. The van der Waals surface area contributed by atoms with Crippen LogP contribution in [0.3, 0.4) is 0 Å². The normalized spacial score (nSPS) is 10.5. The number of nitrogens with zero attached hydrogens (tertiary/aromatic N) is 1. The van der Waals surface area contributed by atoms with E-state index in [0.717, 1.165) is 22.9 Å². The molecule has 0 aliphatic rings. The third-order valence-electron chi connectivity index (χ3n) is 2.30. The lowest BCUT2D eigenvalue weighted by Crippen LogP contribution is -2.02. The Balaban J connectivity index is 2.40. The van der Waals surface area contributed by atoms with E-state index in [1.165, 1.54) is 4.88 Å². The Labute approximate surface area is 109 Å². The molecule has 0 amide bonds. The fourth-order valence-corrected chi connectivity index (χ4v) is 2.65. The average molecular weight is 269 g/mol. The predicted octanol–water partition coefficient (Wildman–Crippen LogP) is 3.19. The molecule has 0 saturated carbocycles. The van der Waals surface area contributed by atoms with E-state index in [-0.39, 0.29) is 0 Å². The third kappa shape index (κ3) is 2.77. The molecule has 0 radical (unpaired) electrons. The molecule has 0 aliphatic carbocycles. The van der Waals surface area contributed by atoms with Gasteiger partial charge in [-0.3, -0.25) is 0 Å². The first-order valence-electron chi connectivity index (χ1n) is 5.18. The summed E-state index contributed by atoms with van der Waals surface area (Å²) in [7, 11) is 3.56. The molecule has 17 heavy (non-hydrogen) atoms. The Kier molecular flexibility index (Phi) is 3.99. The summed E-state index contributed by atoms with van der Waals surface area (Å²) in [6.45, 7) is 0.820. The molecule has 1 aromatic carbocycles. The van der Waals surface area contributed by atoms with E-state index in [2.05, 4.69) is 10.3 Å². The highest BCUT2D eigenvalue weighted by molar-refractivity contribution is 7.15. The number of hydrogen-bond donors (Lipinski definition) is 1. The molecular formula is C12H13ClN2OS. The quantitative estimate of drug-likeness (QED) is 0.925. The maximum absolute atomic E-state index is 6.00. The van der Waals surface area contributed by atoms with Crippen LogP contribution < -0.4 is 10.1 Å². The Bertz CT molecular complexity index is 513. The number of aromatic nitrogens is 1. The van der Waals surface area contributed by atoms with Crippen molar-refractivity contribution in [1.82, 2.24) is 10.3 Å². The van der Waals surface area contributed by atoms with Gasteiger partial charge in [0.1, 0.15) is 10.8 Å². The topological polar surface area (TPSA) is 34.2 Å². The van der Waals surface area contributed by atoms with Gasteiger partial charge in [0.25, 0.3) is 0 Å². The van der Waals surface area contributed by atoms with Gasteiger partial charge >= 0.3 is 0 Å². The maximum atomic E-state index is 6.00. The molecule has 2 aromatic rings. The molecule has 3 nitrogen and oxygen atoms in total. The highest BCUT2D eigenvalue weighted by Gasteiger charge is 2.10. The number of methoxy groups -OCH3 is 1. The smallest absolute Gasteiger partial charge is 0.129 e. The van der Waals surface area contributed by atoms with Gasteiger partial charge in [-0.2, -0.15) is 0 Å². The van der Waals surface area contributed by atoms with E-state index in [4.69, 9.17) is 16.3 Å². The highest BCUT2D eigenvalue weighted by Crippen LogP contribution is 2.34. The number of nitrogens with one attached hydrogen (secondary N) is 1. The lowest BCUT2D eigenvalue weighted by Gasteiger charge is -2.05. The Morgan fingerprint density at radius 3 is 3.00 bits per heavy atom. The van der Waals surface area contributed by atoms with Crippen molar-refractivity contribution < 1.29 is 4.74 Å². The van der Waals surface area contributed by atoms with E-state index in [0.29, 0.717) is 5.02 Å². The fourth-order valence-electron chi connectivity index (χ4n) is 1.54. The van der Waals surface area contributed by atoms with Gasteiger partial charge in [0, 0.05) is 22.6 Å². The molecule has 0 bridgehead atoms. The van der Waals surface area contributed by atoms with Gasteiger partial charge in [-0.1, -0.05) is 11.6 Å². The highest BCUT2D eigenvalue weighted by atomic mass is 35.5. The van der Waals surface area contributed by atoms with Gasteiger partial charge in [-0.05, 0) is 25.2 Å². The predicted molar refractivity (Wildman–Crippen MR) is 71.9 cm³/mol. The monoisotopic (exact) mass is 268 g/mol. The minimum absolute atomic E-state index is 0.686. The molecule has 1 aromatic heterocycles. The molecule has 2 rings (SSSR count). The van der Waals surface area contributed by atoms with Crippen LogP contribution in [0.4, 0.5) is 0 Å². The van der Waals surface area contributed by atoms with E-state index in [1.54, 1.807) is 18.4 Å². The van der Waals surface area contributed by atoms with Gasteiger partial charge in [0.2, 0.25) is 0 Å². The van der Waals surface area contributed by atoms with Gasteiger partial charge < -0.3 is 10.1 Å². The van der Waals surface area contributed by atoms with Crippen LogP contribution in [0, 0.1) is 0 Å². The largest absolute Gasteiger partial charge is 0.496 e. The molecule has 0 atom stereocenters. The van der Waals surface area contributed by atoms with Crippen LogP contribution in [-0.4, -0.2) is 19.1 Å². The molecule has 1 heterocycles. The minimum Gasteiger partial charge on any atom is -0.496 e. The van der Waals surface area contributed by atoms with Crippen molar-refractivity contribution in [3.63, 3.8) is 0 Å². The van der Waals surface area contributed by atoms with Crippen LogP contribution in [0.5, 0.6) is 5.75 Å². The van der Waals surface area contributed by atoms with Gasteiger partial charge in [0.15, 0.2) is 0 Å². The zero-order valence-electron chi connectivity index (χ0n) is 9.66. The van der Waals surface area contributed by atoms with Crippen LogP contribution >= 0.6 is 22.9 Å². The second-order valence-electron chi connectivity index (χ2n) is 3.51.